The Labute approximate surface area is 185 Å². The first-order valence-electron chi connectivity index (χ1n) is 10.1. The van der Waals surface area contributed by atoms with Gasteiger partial charge in [0.2, 0.25) is 0 Å². The Bertz CT molecular complexity index is 1070. The van der Waals surface area contributed by atoms with Crippen LogP contribution in [0.2, 0.25) is 0 Å². The van der Waals surface area contributed by atoms with Gasteiger partial charge in [0.1, 0.15) is 16.5 Å². The molecule has 2 aromatic carbocycles. The molecule has 1 aliphatic rings. The maximum absolute atomic E-state index is 12.9. The van der Waals surface area contributed by atoms with Gasteiger partial charge in [-0.05, 0) is 48.9 Å². The Kier molecular flexibility index (Phi) is 6.18. The fraction of sp³-hybridized carbons (Fsp3) is 0.261. The molecule has 3 amide bonds. The molecule has 0 aliphatic carbocycles. The fourth-order valence-electron chi connectivity index (χ4n) is 3.44. The topological polar surface area (TPSA) is 74.8 Å². The van der Waals surface area contributed by atoms with Gasteiger partial charge in [-0.1, -0.05) is 12.1 Å². The van der Waals surface area contributed by atoms with Gasteiger partial charge in [-0.25, -0.2) is 9.78 Å². The van der Waals surface area contributed by atoms with Gasteiger partial charge in [0.25, 0.3) is 5.91 Å². The molecular weight excluding hydrogens is 412 g/mol. The Balaban J connectivity index is 1.34. The zero-order chi connectivity index (χ0) is 21.8. The second kappa shape index (κ2) is 9.18. The predicted molar refractivity (Wildman–Crippen MR) is 122 cm³/mol. The highest BCUT2D eigenvalue weighted by Crippen LogP contribution is 2.26. The molecule has 7 nitrogen and oxygen atoms in total. The number of nitrogens with zero attached hydrogens (tertiary/aromatic N) is 3. The van der Waals surface area contributed by atoms with E-state index in [2.05, 4.69) is 10.3 Å². The molecule has 1 N–H and O–H groups in total. The van der Waals surface area contributed by atoms with Gasteiger partial charge < -0.3 is 19.9 Å². The third-order valence-electron chi connectivity index (χ3n) is 5.18. The molecule has 0 saturated carbocycles. The van der Waals surface area contributed by atoms with Crippen molar-refractivity contribution in [2.45, 2.75) is 6.92 Å². The molecule has 1 aliphatic heterocycles. The maximum Gasteiger partial charge on any atom is 0.321 e. The van der Waals surface area contributed by atoms with E-state index in [0.29, 0.717) is 31.9 Å². The van der Waals surface area contributed by atoms with E-state index >= 15 is 0 Å². The van der Waals surface area contributed by atoms with E-state index in [0.717, 1.165) is 27.6 Å². The van der Waals surface area contributed by atoms with E-state index in [1.807, 2.05) is 55.5 Å². The first-order chi connectivity index (χ1) is 15.0. The Morgan fingerprint density at radius 1 is 1.03 bits per heavy atom. The van der Waals surface area contributed by atoms with E-state index in [9.17, 15) is 9.59 Å². The molecule has 3 aromatic rings. The second-order valence-corrected chi connectivity index (χ2v) is 8.20. The Morgan fingerprint density at radius 3 is 2.42 bits per heavy atom. The molecule has 0 atom stereocenters. The van der Waals surface area contributed by atoms with E-state index in [1.165, 1.54) is 11.3 Å². The molecule has 4 rings (SSSR count). The molecule has 8 heteroatoms. The molecule has 1 fully saturated rings. The number of amides is 3. The van der Waals surface area contributed by atoms with Crippen LogP contribution in [0.4, 0.5) is 10.5 Å². The highest BCUT2D eigenvalue weighted by molar-refractivity contribution is 7.13. The molecule has 0 unspecified atom stereocenters. The number of aromatic nitrogens is 1. The molecule has 31 heavy (non-hydrogen) atoms. The fourth-order valence-corrected chi connectivity index (χ4v) is 4.24. The summed E-state index contributed by atoms with van der Waals surface area (Å²) in [6.07, 6.45) is 0. The van der Waals surface area contributed by atoms with Gasteiger partial charge in [-0.3, -0.25) is 4.79 Å². The van der Waals surface area contributed by atoms with E-state index in [4.69, 9.17) is 4.74 Å². The molecule has 1 saturated heterocycles. The first kappa shape index (κ1) is 20.9. The lowest BCUT2D eigenvalue weighted by Gasteiger charge is -2.34. The summed E-state index contributed by atoms with van der Waals surface area (Å²) in [5, 5.41) is 5.51. The molecular formula is C23H24N4O3S. The number of rotatable bonds is 4. The number of aryl methyl sites for hydroxylation is 1. The van der Waals surface area contributed by atoms with Gasteiger partial charge in [0, 0.05) is 42.8 Å². The zero-order valence-electron chi connectivity index (χ0n) is 17.5. The number of urea groups is 1. The monoisotopic (exact) mass is 436 g/mol. The lowest BCUT2D eigenvalue weighted by molar-refractivity contribution is 0.0667. The van der Waals surface area contributed by atoms with Crippen LogP contribution < -0.4 is 10.1 Å². The van der Waals surface area contributed by atoms with Crippen molar-refractivity contribution >= 4 is 29.0 Å². The van der Waals surface area contributed by atoms with Crippen LogP contribution in [0.3, 0.4) is 0 Å². The summed E-state index contributed by atoms with van der Waals surface area (Å²) >= 11 is 1.44. The Morgan fingerprint density at radius 2 is 1.74 bits per heavy atom. The zero-order valence-corrected chi connectivity index (χ0v) is 18.3. The quantitative estimate of drug-likeness (QED) is 0.668. The van der Waals surface area contributed by atoms with E-state index in [-0.39, 0.29) is 11.9 Å². The first-order valence-corrected chi connectivity index (χ1v) is 10.9. The molecule has 2 heterocycles. The maximum atomic E-state index is 12.9. The van der Waals surface area contributed by atoms with Crippen LogP contribution in [0.5, 0.6) is 5.75 Å². The number of methoxy groups -OCH3 is 1. The van der Waals surface area contributed by atoms with E-state index in [1.54, 1.807) is 22.3 Å². The van der Waals surface area contributed by atoms with Gasteiger partial charge in [0.15, 0.2) is 0 Å². The number of anilines is 1. The van der Waals surface area contributed by atoms with Crippen molar-refractivity contribution in [1.82, 2.24) is 14.8 Å². The molecule has 0 radical (unpaired) electrons. The van der Waals surface area contributed by atoms with Crippen molar-refractivity contribution in [3.05, 3.63) is 65.2 Å². The van der Waals surface area contributed by atoms with Crippen LogP contribution in [-0.2, 0) is 0 Å². The minimum absolute atomic E-state index is 0.102. The van der Waals surface area contributed by atoms with Crippen LogP contribution in [-0.4, -0.2) is 60.0 Å². The number of benzene rings is 2. The van der Waals surface area contributed by atoms with Gasteiger partial charge in [-0.2, -0.15) is 0 Å². The van der Waals surface area contributed by atoms with Crippen molar-refractivity contribution in [2.24, 2.45) is 0 Å². The van der Waals surface area contributed by atoms with Gasteiger partial charge in [0.05, 0.1) is 7.11 Å². The normalized spacial score (nSPS) is 13.7. The number of nitrogens with one attached hydrogen (secondary N) is 1. The largest absolute Gasteiger partial charge is 0.497 e. The number of hydrogen-bond acceptors (Lipinski definition) is 5. The minimum Gasteiger partial charge on any atom is -0.497 e. The van der Waals surface area contributed by atoms with Crippen molar-refractivity contribution in [1.29, 1.82) is 0 Å². The third kappa shape index (κ3) is 4.86. The predicted octanol–water partition coefficient (Wildman–Crippen LogP) is 4.12. The highest BCUT2D eigenvalue weighted by Gasteiger charge is 2.26. The van der Waals surface area contributed by atoms with Gasteiger partial charge >= 0.3 is 6.03 Å². The van der Waals surface area contributed by atoms with Crippen molar-refractivity contribution < 1.29 is 14.3 Å². The van der Waals surface area contributed by atoms with Gasteiger partial charge in [-0.15, -0.1) is 11.3 Å². The third-order valence-corrected chi connectivity index (χ3v) is 6.08. The van der Waals surface area contributed by atoms with Crippen molar-refractivity contribution in [3.63, 3.8) is 0 Å². The Hall–Kier alpha value is -3.39. The number of piperazine rings is 1. The summed E-state index contributed by atoms with van der Waals surface area (Å²) in [6.45, 7) is 3.92. The molecule has 0 spiro atoms. The average molecular weight is 437 g/mol. The number of ether oxygens (including phenoxy) is 1. The average Bonchev–Trinajstić information content (AvgIpc) is 3.29. The standard InChI is InChI=1S/C23H24N4O3S/c1-16-4-3-5-18(14-16)24-23(29)27-12-10-26(11-13-27)22(28)20-15-31-21(25-20)17-6-8-19(30-2)9-7-17/h3-9,14-15H,10-13H2,1-2H3,(H,24,29). The van der Waals surface area contributed by atoms with Crippen molar-refractivity contribution in [2.75, 3.05) is 38.6 Å². The van der Waals surface area contributed by atoms with Crippen molar-refractivity contribution in [3.8, 4) is 16.3 Å². The number of thiazole rings is 1. The smallest absolute Gasteiger partial charge is 0.321 e. The molecule has 1 aromatic heterocycles. The summed E-state index contributed by atoms with van der Waals surface area (Å²) < 4.78 is 5.18. The minimum atomic E-state index is -0.145. The van der Waals surface area contributed by atoms with Crippen LogP contribution in [0.1, 0.15) is 16.1 Å². The molecule has 160 valence electrons. The van der Waals surface area contributed by atoms with Crippen LogP contribution >= 0.6 is 11.3 Å². The lowest BCUT2D eigenvalue weighted by Crippen LogP contribution is -2.51. The molecule has 0 bridgehead atoms. The highest BCUT2D eigenvalue weighted by atomic mass is 32.1. The van der Waals surface area contributed by atoms with E-state index < -0.39 is 0 Å². The summed E-state index contributed by atoms with van der Waals surface area (Å²) in [7, 11) is 1.63. The summed E-state index contributed by atoms with van der Waals surface area (Å²) in [5.41, 5.74) is 3.25. The number of carbonyl (C=O) groups is 2. The van der Waals surface area contributed by atoms with Crippen LogP contribution in [0, 0.1) is 6.92 Å². The van der Waals surface area contributed by atoms with Crippen LogP contribution in [0.25, 0.3) is 10.6 Å². The lowest BCUT2D eigenvalue weighted by atomic mass is 10.2. The SMILES string of the molecule is COc1ccc(-c2nc(C(=O)N3CCN(C(=O)Nc4cccc(C)c4)CC3)cs2)cc1. The second-order valence-electron chi connectivity index (χ2n) is 7.35. The number of carbonyl (C=O) groups excluding carboxylic acids is 2. The van der Waals surface area contributed by atoms with Crippen LogP contribution in [0.15, 0.2) is 53.9 Å². The summed E-state index contributed by atoms with van der Waals surface area (Å²) in [5.74, 6) is 0.677. The summed E-state index contributed by atoms with van der Waals surface area (Å²) in [4.78, 5) is 33.4. The number of hydrogen-bond donors (Lipinski definition) is 1. The summed E-state index contributed by atoms with van der Waals surface area (Å²) in [6, 6.07) is 15.2.